The molecule has 0 amide bonds. The molecule has 3 atom stereocenters. The number of H-pyrrole nitrogens is 1. The number of nitrogens with one attached hydrogen (secondary N) is 2. The first kappa shape index (κ1) is 20.3. The van der Waals surface area contributed by atoms with Crippen LogP contribution in [0.25, 0.3) is 22.2 Å². The van der Waals surface area contributed by atoms with Crippen molar-refractivity contribution in [2.75, 3.05) is 6.54 Å². The van der Waals surface area contributed by atoms with Crippen LogP contribution in [0, 0.1) is 5.92 Å². The fourth-order valence-electron chi connectivity index (χ4n) is 5.27. The predicted octanol–water partition coefficient (Wildman–Crippen LogP) is 4.91. The van der Waals surface area contributed by atoms with E-state index >= 15 is 0 Å². The van der Waals surface area contributed by atoms with Gasteiger partial charge >= 0.3 is 0 Å². The summed E-state index contributed by atoms with van der Waals surface area (Å²) in [6.45, 7) is 3.23. The molecule has 5 heterocycles. The van der Waals surface area contributed by atoms with Crippen LogP contribution in [0.5, 0.6) is 0 Å². The van der Waals surface area contributed by atoms with Crippen LogP contribution >= 0.6 is 23.4 Å². The van der Waals surface area contributed by atoms with Gasteiger partial charge in [0.2, 0.25) is 0 Å². The average molecular weight is 466 g/mol. The molecule has 2 fully saturated rings. The van der Waals surface area contributed by atoms with E-state index in [-0.39, 0.29) is 0 Å². The van der Waals surface area contributed by atoms with Crippen molar-refractivity contribution in [3.63, 3.8) is 0 Å². The number of hydrogen-bond donors (Lipinski definition) is 2. The van der Waals surface area contributed by atoms with E-state index in [4.69, 9.17) is 21.6 Å². The summed E-state index contributed by atoms with van der Waals surface area (Å²) >= 11 is 8.32. The van der Waals surface area contributed by atoms with Crippen LogP contribution in [-0.2, 0) is 6.42 Å². The Morgan fingerprint density at radius 2 is 2.06 bits per heavy atom. The van der Waals surface area contributed by atoms with Crippen molar-refractivity contribution >= 4 is 45.6 Å². The van der Waals surface area contributed by atoms with Gasteiger partial charge in [0.05, 0.1) is 16.1 Å². The number of hydrogen-bond acceptors (Lipinski definition) is 7. The molecule has 32 heavy (non-hydrogen) atoms. The number of fused-ring (bicyclic) bond motifs is 3. The lowest BCUT2D eigenvalue weighted by Crippen LogP contribution is -2.37. The van der Waals surface area contributed by atoms with Crippen LogP contribution < -0.4 is 5.32 Å². The third kappa shape index (κ3) is 3.54. The molecule has 0 aromatic carbocycles. The average Bonchev–Trinajstić information content (AvgIpc) is 3.39. The Bertz CT molecular complexity index is 1290. The van der Waals surface area contributed by atoms with Gasteiger partial charge in [0.15, 0.2) is 10.8 Å². The van der Waals surface area contributed by atoms with Gasteiger partial charge in [-0.25, -0.2) is 19.9 Å². The number of pyridine rings is 1. The normalized spacial score (nSPS) is 23.1. The molecule has 1 saturated carbocycles. The topological polar surface area (TPSA) is 92.3 Å². The van der Waals surface area contributed by atoms with Gasteiger partial charge < -0.3 is 10.3 Å². The summed E-state index contributed by atoms with van der Waals surface area (Å²) in [5.41, 5.74) is 4.34. The van der Waals surface area contributed by atoms with Gasteiger partial charge in [-0.15, -0.1) is 0 Å². The van der Waals surface area contributed by atoms with Gasteiger partial charge in [0.25, 0.3) is 0 Å². The standard InChI is InChI=1S/C23H24ClN7S/c1-2-15-19(24)18-20(13-8-12-4-3-5-25-16(12)9-13)30-23(31-22(18)29-15)32-14-10-17-21(28-11-14)27-7-6-26-17/h6-7,10-13,16,25H,2-5,8-9H2,1H3,(H,29,30,31)/t12-,13?,16+/m1/s1. The molecular formula is C23H24ClN7S. The molecule has 2 aliphatic rings. The summed E-state index contributed by atoms with van der Waals surface area (Å²) < 4.78 is 0. The fraction of sp³-hybridized carbons (Fsp3) is 0.435. The van der Waals surface area contributed by atoms with Crippen molar-refractivity contribution < 1.29 is 0 Å². The number of aromatic amines is 1. The molecule has 4 aromatic heterocycles. The second-order valence-electron chi connectivity index (χ2n) is 8.69. The van der Waals surface area contributed by atoms with E-state index in [1.807, 2.05) is 12.3 Å². The van der Waals surface area contributed by atoms with Crippen LogP contribution in [-0.4, -0.2) is 42.5 Å². The molecule has 1 aliphatic carbocycles. The van der Waals surface area contributed by atoms with E-state index in [9.17, 15) is 0 Å². The Kier molecular flexibility index (Phi) is 5.24. The molecule has 2 N–H and O–H groups in total. The molecule has 1 saturated heterocycles. The van der Waals surface area contributed by atoms with Crippen molar-refractivity contribution in [1.82, 2.24) is 35.2 Å². The maximum Gasteiger partial charge on any atom is 0.194 e. The van der Waals surface area contributed by atoms with E-state index in [2.05, 4.69) is 32.2 Å². The monoisotopic (exact) mass is 465 g/mol. The maximum absolute atomic E-state index is 6.81. The fourth-order valence-corrected chi connectivity index (χ4v) is 6.40. The van der Waals surface area contributed by atoms with Crippen LogP contribution in [0.4, 0.5) is 0 Å². The predicted molar refractivity (Wildman–Crippen MR) is 126 cm³/mol. The van der Waals surface area contributed by atoms with E-state index < -0.39 is 0 Å². The van der Waals surface area contributed by atoms with Gasteiger partial charge in [-0.2, -0.15) is 0 Å². The Morgan fingerprint density at radius 1 is 1.16 bits per heavy atom. The SMILES string of the molecule is CCc1[nH]c2nc(Sc3cnc4nccnc4c3)nc(C3C[C@H]4CCCN[C@H]4C3)c2c1Cl. The number of aromatic nitrogens is 6. The Morgan fingerprint density at radius 3 is 2.94 bits per heavy atom. The van der Waals surface area contributed by atoms with Crippen molar-refractivity contribution in [3.8, 4) is 0 Å². The Hall–Kier alpha value is -2.29. The molecule has 164 valence electrons. The zero-order valence-electron chi connectivity index (χ0n) is 17.8. The van der Waals surface area contributed by atoms with Crippen molar-refractivity contribution in [2.24, 2.45) is 5.92 Å². The van der Waals surface area contributed by atoms with Crippen LogP contribution in [0.15, 0.2) is 34.7 Å². The molecular weight excluding hydrogens is 442 g/mol. The van der Waals surface area contributed by atoms with E-state index in [0.29, 0.717) is 22.8 Å². The molecule has 6 rings (SSSR count). The minimum Gasteiger partial charge on any atom is -0.342 e. The molecule has 9 heteroatoms. The van der Waals surface area contributed by atoms with Crippen LogP contribution in [0.1, 0.15) is 49.9 Å². The van der Waals surface area contributed by atoms with Gasteiger partial charge in [-0.1, -0.05) is 18.5 Å². The summed E-state index contributed by atoms with van der Waals surface area (Å²) in [5.74, 6) is 1.11. The molecule has 0 radical (unpaired) electrons. The van der Waals surface area contributed by atoms with Crippen molar-refractivity contribution in [2.45, 2.75) is 61.0 Å². The first-order chi connectivity index (χ1) is 15.7. The number of nitrogens with zero attached hydrogens (tertiary/aromatic N) is 5. The number of aryl methyl sites for hydroxylation is 1. The molecule has 0 spiro atoms. The van der Waals surface area contributed by atoms with Gasteiger partial charge in [-0.3, -0.25) is 4.98 Å². The third-order valence-electron chi connectivity index (χ3n) is 6.77. The van der Waals surface area contributed by atoms with Crippen molar-refractivity contribution in [1.29, 1.82) is 0 Å². The summed E-state index contributed by atoms with van der Waals surface area (Å²) in [5, 5.41) is 6.21. The van der Waals surface area contributed by atoms with E-state index in [0.717, 1.165) is 69.6 Å². The zero-order valence-corrected chi connectivity index (χ0v) is 19.4. The number of halogens is 1. The highest BCUT2D eigenvalue weighted by Crippen LogP contribution is 2.45. The van der Waals surface area contributed by atoms with Crippen molar-refractivity contribution in [3.05, 3.63) is 41.1 Å². The summed E-state index contributed by atoms with van der Waals surface area (Å²) in [7, 11) is 0. The minimum atomic E-state index is 0.388. The minimum absolute atomic E-state index is 0.388. The quantitative estimate of drug-likeness (QED) is 0.413. The second kappa shape index (κ2) is 8.24. The maximum atomic E-state index is 6.81. The lowest BCUT2D eigenvalue weighted by atomic mass is 9.93. The summed E-state index contributed by atoms with van der Waals surface area (Å²) in [6, 6.07) is 2.57. The Balaban J connectivity index is 1.41. The summed E-state index contributed by atoms with van der Waals surface area (Å²) in [4.78, 5) is 27.4. The van der Waals surface area contributed by atoms with E-state index in [1.165, 1.54) is 24.6 Å². The van der Waals surface area contributed by atoms with Crippen LogP contribution in [0.2, 0.25) is 5.02 Å². The summed E-state index contributed by atoms with van der Waals surface area (Å²) in [6.07, 6.45) is 10.8. The van der Waals surface area contributed by atoms with Gasteiger partial charge in [0.1, 0.15) is 11.2 Å². The van der Waals surface area contributed by atoms with Crippen LogP contribution in [0.3, 0.4) is 0 Å². The zero-order chi connectivity index (χ0) is 21.7. The first-order valence-electron chi connectivity index (χ1n) is 11.3. The van der Waals surface area contributed by atoms with E-state index in [1.54, 1.807) is 12.4 Å². The smallest absolute Gasteiger partial charge is 0.194 e. The molecule has 1 unspecified atom stereocenters. The Labute approximate surface area is 195 Å². The molecule has 1 aliphatic heterocycles. The molecule has 0 bridgehead atoms. The molecule has 4 aromatic rings. The lowest BCUT2D eigenvalue weighted by molar-refractivity contribution is 0.318. The largest absolute Gasteiger partial charge is 0.342 e. The van der Waals surface area contributed by atoms with Gasteiger partial charge in [-0.05, 0) is 62.4 Å². The third-order valence-corrected chi connectivity index (χ3v) is 8.01. The molecule has 7 nitrogen and oxygen atoms in total. The first-order valence-corrected chi connectivity index (χ1v) is 12.4. The highest BCUT2D eigenvalue weighted by atomic mass is 35.5. The number of piperidine rings is 1. The van der Waals surface area contributed by atoms with Gasteiger partial charge in [0, 0.05) is 41.1 Å². The highest BCUT2D eigenvalue weighted by Gasteiger charge is 2.38. The second-order valence-corrected chi connectivity index (χ2v) is 10.1. The number of rotatable bonds is 4. The highest BCUT2D eigenvalue weighted by molar-refractivity contribution is 7.99. The lowest BCUT2D eigenvalue weighted by Gasteiger charge is -2.25.